The van der Waals surface area contributed by atoms with Crippen LogP contribution in [0.1, 0.15) is 12.5 Å². The molecule has 33 heavy (non-hydrogen) atoms. The number of urea groups is 1. The number of hydrogen-bond acceptors (Lipinski definition) is 4. The van der Waals surface area contributed by atoms with Crippen molar-refractivity contribution in [1.29, 1.82) is 0 Å². The van der Waals surface area contributed by atoms with Gasteiger partial charge in [0.2, 0.25) is 5.91 Å². The second-order valence-electron chi connectivity index (χ2n) is 7.63. The van der Waals surface area contributed by atoms with Gasteiger partial charge in [-0.05, 0) is 53.6 Å². The highest BCUT2D eigenvalue weighted by molar-refractivity contribution is 6.10. The van der Waals surface area contributed by atoms with Crippen LogP contribution < -0.4 is 15.4 Å². The summed E-state index contributed by atoms with van der Waals surface area (Å²) in [4.78, 5) is 38.8. The fourth-order valence-corrected chi connectivity index (χ4v) is 3.62. The lowest BCUT2D eigenvalue weighted by molar-refractivity contribution is -0.274. The van der Waals surface area contributed by atoms with Gasteiger partial charge in [0.05, 0.1) is 0 Å². The average Bonchev–Trinajstić information content (AvgIpc) is 2.97. The number of benzene rings is 3. The Balaban J connectivity index is 1.45. The van der Waals surface area contributed by atoms with E-state index in [0.29, 0.717) is 5.56 Å². The molecular weight excluding hydrogens is 439 g/mol. The van der Waals surface area contributed by atoms with Crippen LogP contribution in [0.3, 0.4) is 0 Å². The van der Waals surface area contributed by atoms with Crippen LogP contribution >= 0.6 is 0 Å². The Kier molecular flexibility index (Phi) is 5.44. The van der Waals surface area contributed by atoms with E-state index in [-0.39, 0.29) is 5.69 Å². The van der Waals surface area contributed by atoms with Crippen molar-refractivity contribution in [3.8, 4) is 5.75 Å². The molecule has 3 aromatic carbocycles. The van der Waals surface area contributed by atoms with Gasteiger partial charge in [-0.3, -0.25) is 14.5 Å². The van der Waals surface area contributed by atoms with Crippen molar-refractivity contribution in [2.75, 3.05) is 11.9 Å². The van der Waals surface area contributed by atoms with E-state index in [1.165, 1.54) is 12.1 Å². The molecule has 0 bridgehead atoms. The third-order valence-corrected chi connectivity index (χ3v) is 5.28. The standard InChI is InChI=1S/C23H18F3N3O4/c1-22(16-7-6-14-4-2-3-5-15(14)12-16)20(31)29(21(32)28-22)13-19(30)27-17-8-10-18(11-9-17)33-23(24,25)26/h2-12H,13H2,1H3,(H,27,30)(H,28,32)/t22-/m1/s1. The second kappa shape index (κ2) is 8.12. The quantitative estimate of drug-likeness (QED) is 0.564. The van der Waals surface area contributed by atoms with Crippen molar-refractivity contribution >= 4 is 34.3 Å². The summed E-state index contributed by atoms with van der Waals surface area (Å²) < 4.78 is 40.5. The predicted octanol–water partition coefficient (Wildman–Crippen LogP) is 4.14. The van der Waals surface area contributed by atoms with E-state index in [1.807, 2.05) is 36.4 Å². The monoisotopic (exact) mass is 457 g/mol. The first kappa shape index (κ1) is 22.1. The molecule has 10 heteroatoms. The molecule has 0 radical (unpaired) electrons. The molecule has 0 saturated carbocycles. The molecule has 0 spiro atoms. The highest BCUT2D eigenvalue weighted by Crippen LogP contribution is 2.31. The van der Waals surface area contributed by atoms with E-state index >= 15 is 0 Å². The number of carbonyl (C=O) groups is 3. The molecule has 1 aliphatic rings. The maximum Gasteiger partial charge on any atom is 0.573 e. The zero-order valence-corrected chi connectivity index (χ0v) is 17.3. The Morgan fingerprint density at radius 3 is 2.36 bits per heavy atom. The van der Waals surface area contributed by atoms with E-state index in [0.717, 1.165) is 27.8 Å². The van der Waals surface area contributed by atoms with E-state index in [2.05, 4.69) is 15.4 Å². The summed E-state index contributed by atoms with van der Waals surface area (Å²) in [6.45, 7) is 1.00. The number of alkyl halides is 3. The molecule has 170 valence electrons. The Bertz CT molecular complexity index is 1240. The highest BCUT2D eigenvalue weighted by atomic mass is 19.4. The van der Waals surface area contributed by atoms with Crippen molar-refractivity contribution in [3.63, 3.8) is 0 Å². The van der Waals surface area contributed by atoms with Crippen LogP contribution in [-0.4, -0.2) is 35.7 Å². The lowest BCUT2D eigenvalue weighted by Crippen LogP contribution is -2.42. The zero-order valence-electron chi connectivity index (χ0n) is 17.3. The van der Waals surface area contributed by atoms with E-state index in [4.69, 9.17) is 0 Å². The van der Waals surface area contributed by atoms with Gasteiger partial charge in [-0.25, -0.2) is 4.79 Å². The van der Waals surface area contributed by atoms with Gasteiger partial charge in [0.25, 0.3) is 5.91 Å². The number of nitrogens with one attached hydrogen (secondary N) is 2. The maximum atomic E-state index is 13.1. The molecular formula is C23H18F3N3O4. The van der Waals surface area contributed by atoms with Gasteiger partial charge in [0.1, 0.15) is 17.8 Å². The van der Waals surface area contributed by atoms with Crippen LogP contribution in [0.4, 0.5) is 23.7 Å². The Hall–Kier alpha value is -4.08. The molecule has 0 aliphatic carbocycles. The van der Waals surface area contributed by atoms with Gasteiger partial charge in [-0.15, -0.1) is 13.2 Å². The number of fused-ring (bicyclic) bond motifs is 1. The van der Waals surface area contributed by atoms with Crippen LogP contribution in [0.15, 0.2) is 66.7 Å². The number of amides is 4. The number of ether oxygens (including phenoxy) is 1. The fourth-order valence-electron chi connectivity index (χ4n) is 3.62. The van der Waals surface area contributed by atoms with Crippen molar-refractivity contribution in [2.24, 2.45) is 0 Å². The molecule has 0 aromatic heterocycles. The second-order valence-corrected chi connectivity index (χ2v) is 7.63. The minimum absolute atomic E-state index is 0.180. The van der Waals surface area contributed by atoms with E-state index in [9.17, 15) is 27.6 Å². The number of hydrogen-bond donors (Lipinski definition) is 2. The van der Waals surface area contributed by atoms with Crippen LogP contribution in [-0.2, 0) is 15.1 Å². The number of rotatable bonds is 5. The molecule has 1 aliphatic heterocycles. The number of nitrogens with zero attached hydrogens (tertiary/aromatic N) is 1. The third kappa shape index (κ3) is 4.59. The molecule has 4 rings (SSSR count). The summed E-state index contributed by atoms with van der Waals surface area (Å²) in [5, 5.41) is 6.96. The van der Waals surface area contributed by atoms with Crippen molar-refractivity contribution < 1.29 is 32.3 Å². The molecule has 1 atom stereocenters. The predicted molar refractivity (Wildman–Crippen MR) is 113 cm³/mol. The molecule has 3 aromatic rings. The summed E-state index contributed by atoms with van der Waals surface area (Å²) in [5.74, 6) is -1.72. The average molecular weight is 457 g/mol. The lowest BCUT2D eigenvalue weighted by Gasteiger charge is -2.22. The van der Waals surface area contributed by atoms with Crippen LogP contribution in [0, 0.1) is 0 Å². The van der Waals surface area contributed by atoms with Gasteiger partial charge in [0, 0.05) is 5.69 Å². The normalized spacial score (nSPS) is 18.4. The van der Waals surface area contributed by atoms with Crippen molar-refractivity contribution in [1.82, 2.24) is 10.2 Å². The van der Waals surface area contributed by atoms with E-state index in [1.54, 1.807) is 13.0 Å². The topological polar surface area (TPSA) is 87.7 Å². The van der Waals surface area contributed by atoms with E-state index < -0.39 is 42.0 Å². The molecule has 2 N–H and O–H groups in total. The molecule has 1 saturated heterocycles. The van der Waals surface area contributed by atoms with Gasteiger partial charge < -0.3 is 15.4 Å². The number of imide groups is 1. The lowest BCUT2D eigenvalue weighted by atomic mass is 9.90. The van der Waals surface area contributed by atoms with Gasteiger partial charge in [-0.2, -0.15) is 0 Å². The van der Waals surface area contributed by atoms with Crippen LogP contribution in [0.2, 0.25) is 0 Å². The largest absolute Gasteiger partial charge is 0.573 e. The van der Waals surface area contributed by atoms with Crippen LogP contribution in [0.5, 0.6) is 5.75 Å². The summed E-state index contributed by atoms with van der Waals surface area (Å²) in [6.07, 6.45) is -4.83. The SMILES string of the molecule is C[C@]1(c2ccc3ccccc3c2)NC(=O)N(CC(=O)Nc2ccc(OC(F)(F)F)cc2)C1=O. The summed E-state index contributed by atoms with van der Waals surface area (Å²) in [7, 11) is 0. The molecule has 7 nitrogen and oxygen atoms in total. The van der Waals surface area contributed by atoms with Gasteiger partial charge >= 0.3 is 12.4 Å². The molecule has 1 fully saturated rings. The summed E-state index contributed by atoms with van der Waals surface area (Å²) in [5.41, 5.74) is -0.598. The maximum absolute atomic E-state index is 13.1. The molecule has 4 amide bonds. The minimum Gasteiger partial charge on any atom is -0.406 e. The Morgan fingerprint density at radius 1 is 1.03 bits per heavy atom. The number of halogens is 3. The first-order chi connectivity index (χ1) is 15.5. The smallest absolute Gasteiger partial charge is 0.406 e. The fraction of sp³-hybridized carbons (Fsp3) is 0.174. The first-order valence-corrected chi connectivity index (χ1v) is 9.84. The molecule has 0 unspecified atom stereocenters. The molecule has 1 heterocycles. The van der Waals surface area contributed by atoms with Crippen molar-refractivity contribution in [2.45, 2.75) is 18.8 Å². The zero-order chi connectivity index (χ0) is 23.8. The van der Waals surface area contributed by atoms with Gasteiger partial charge in [0.15, 0.2) is 0 Å². The van der Waals surface area contributed by atoms with Gasteiger partial charge in [-0.1, -0.05) is 36.4 Å². The third-order valence-electron chi connectivity index (χ3n) is 5.28. The van der Waals surface area contributed by atoms with Crippen molar-refractivity contribution in [3.05, 3.63) is 72.3 Å². The first-order valence-electron chi connectivity index (χ1n) is 9.84. The minimum atomic E-state index is -4.83. The Morgan fingerprint density at radius 2 is 1.70 bits per heavy atom. The number of anilines is 1. The highest BCUT2D eigenvalue weighted by Gasteiger charge is 2.49. The Labute approximate surface area is 186 Å². The number of carbonyl (C=O) groups excluding carboxylic acids is 3. The van der Waals surface area contributed by atoms with Crippen LogP contribution in [0.25, 0.3) is 10.8 Å². The summed E-state index contributed by atoms with van der Waals surface area (Å²) >= 11 is 0. The summed E-state index contributed by atoms with van der Waals surface area (Å²) in [6, 6.07) is 16.7.